The Balaban J connectivity index is 0.00000261. The van der Waals surface area contributed by atoms with Gasteiger partial charge in [-0.1, -0.05) is 29.4 Å². The minimum atomic E-state index is -0.781. The van der Waals surface area contributed by atoms with Crippen molar-refractivity contribution in [3.05, 3.63) is 53.3 Å². The Labute approximate surface area is 173 Å². The van der Waals surface area contributed by atoms with Gasteiger partial charge in [0.25, 0.3) is 0 Å². The fourth-order valence-electron chi connectivity index (χ4n) is 2.98. The highest BCUT2D eigenvalue weighted by atomic mass is 35.5. The second-order valence-corrected chi connectivity index (χ2v) is 7.58. The Kier molecular flexibility index (Phi) is 8.23. The van der Waals surface area contributed by atoms with E-state index in [1.807, 2.05) is 11.0 Å². The molecule has 0 saturated carbocycles. The van der Waals surface area contributed by atoms with Crippen LogP contribution < -0.4 is 4.74 Å². The van der Waals surface area contributed by atoms with Crippen molar-refractivity contribution in [2.75, 3.05) is 19.7 Å². The van der Waals surface area contributed by atoms with Gasteiger partial charge in [0.05, 0.1) is 4.90 Å². The van der Waals surface area contributed by atoms with Crippen LogP contribution in [0, 0.1) is 5.82 Å². The van der Waals surface area contributed by atoms with Gasteiger partial charge in [0.15, 0.2) is 0 Å². The number of halogens is 3. The molecule has 3 rings (SSSR count). The maximum atomic E-state index is 13.4. The molecule has 0 amide bonds. The van der Waals surface area contributed by atoms with Crippen molar-refractivity contribution in [3.63, 3.8) is 0 Å². The fourth-order valence-corrected chi connectivity index (χ4v) is 4.21. The summed E-state index contributed by atoms with van der Waals surface area (Å²) in [7, 11) is 0. The van der Waals surface area contributed by atoms with Crippen LogP contribution in [0.15, 0.2) is 52.3 Å². The number of hydrogen-bond acceptors (Lipinski definition) is 4. The third-order valence-electron chi connectivity index (χ3n) is 4.21. The predicted octanol–water partition coefficient (Wildman–Crippen LogP) is 4.98. The highest BCUT2D eigenvalue weighted by Gasteiger charge is 2.29. The molecule has 8 heteroatoms. The van der Waals surface area contributed by atoms with E-state index in [-0.39, 0.29) is 18.2 Å². The number of likely N-dealkylation sites (tertiary alicyclic amines) is 1. The lowest BCUT2D eigenvalue weighted by Crippen LogP contribution is -2.38. The van der Waals surface area contributed by atoms with Crippen LogP contribution in [0.5, 0.6) is 5.75 Å². The molecule has 2 aromatic rings. The van der Waals surface area contributed by atoms with Crippen LogP contribution in [0.3, 0.4) is 0 Å². The first-order chi connectivity index (χ1) is 12.5. The number of carboxylic acids is 1. The quantitative estimate of drug-likeness (QED) is 0.669. The number of ether oxygens (including phenoxy) is 1. The zero-order valence-corrected chi connectivity index (χ0v) is 16.8. The summed E-state index contributed by atoms with van der Waals surface area (Å²) >= 11 is 7.46. The topological polar surface area (TPSA) is 49.8 Å². The van der Waals surface area contributed by atoms with Gasteiger partial charge in [0.2, 0.25) is 0 Å². The summed E-state index contributed by atoms with van der Waals surface area (Å²) in [5.41, 5.74) is 0. The molecule has 1 fully saturated rings. The molecule has 1 N–H and O–H groups in total. The summed E-state index contributed by atoms with van der Waals surface area (Å²) in [5, 5.41) is 9.80. The van der Waals surface area contributed by atoms with Crippen LogP contribution in [0.1, 0.15) is 12.8 Å². The lowest BCUT2D eigenvalue weighted by molar-refractivity contribution is -0.142. The van der Waals surface area contributed by atoms with Gasteiger partial charge in [-0.2, -0.15) is 0 Å². The summed E-state index contributed by atoms with van der Waals surface area (Å²) in [6.45, 7) is 1.69. The molecule has 2 aromatic carbocycles. The van der Waals surface area contributed by atoms with E-state index in [9.17, 15) is 14.3 Å². The smallest absolute Gasteiger partial charge is 0.320 e. The van der Waals surface area contributed by atoms with E-state index in [0.29, 0.717) is 30.3 Å². The third-order valence-corrected chi connectivity index (χ3v) is 5.48. The average molecular weight is 432 g/mol. The van der Waals surface area contributed by atoms with Crippen LogP contribution in [0.25, 0.3) is 0 Å². The Morgan fingerprint density at radius 3 is 2.89 bits per heavy atom. The number of nitrogens with zero attached hydrogens (tertiary/aromatic N) is 1. The van der Waals surface area contributed by atoms with E-state index < -0.39 is 12.0 Å². The van der Waals surface area contributed by atoms with Gasteiger partial charge in [-0.3, -0.25) is 9.69 Å². The molecule has 1 saturated heterocycles. The van der Waals surface area contributed by atoms with Gasteiger partial charge in [0, 0.05) is 16.5 Å². The summed E-state index contributed by atoms with van der Waals surface area (Å²) in [6, 6.07) is 11.2. The molecule has 1 heterocycles. The van der Waals surface area contributed by atoms with Gasteiger partial charge in [-0.15, -0.1) is 12.4 Å². The molecule has 4 nitrogen and oxygen atoms in total. The van der Waals surface area contributed by atoms with Crippen LogP contribution in [-0.2, 0) is 4.79 Å². The minimum absolute atomic E-state index is 0. The molecule has 0 aromatic heterocycles. The molecule has 0 unspecified atom stereocenters. The molecule has 27 heavy (non-hydrogen) atoms. The van der Waals surface area contributed by atoms with E-state index in [1.54, 1.807) is 24.3 Å². The second kappa shape index (κ2) is 10.2. The largest absolute Gasteiger partial charge is 0.491 e. The Morgan fingerprint density at radius 1 is 1.33 bits per heavy atom. The number of aliphatic carboxylic acids is 1. The fraction of sp³-hybridized carbons (Fsp3) is 0.316. The molecule has 0 radical (unpaired) electrons. The first-order valence-electron chi connectivity index (χ1n) is 8.35. The Hall–Kier alpha value is -1.47. The summed E-state index contributed by atoms with van der Waals surface area (Å²) < 4.78 is 19.3. The predicted molar refractivity (Wildman–Crippen MR) is 107 cm³/mol. The number of carboxylic acid groups (broad SMARTS) is 1. The van der Waals surface area contributed by atoms with Crippen molar-refractivity contribution < 1.29 is 19.0 Å². The van der Waals surface area contributed by atoms with E-state index in [2.05, 4.69) is 0 Å². The second-order valence-electron chi connectivity index (χ2n) is 6.03. The zero-order valence-electron chi connectivity index (χ0n) is 14.4. The van der Waals surface area contributed by atoms with Crippen molar-refractivity contribution in [1.29, 1.82) is 0 Å². The van der Waals surface area contributed by atoms with Crippen molar-refractivity contribution >= 4 is 41.7 Å². The van der Waals surface area contributed by atoms with Crippen LogP contribution >= 0.6 is 35.8 Å². The maximum absolute atomic E-state index is 13.4. The summed E-state index contributed by atoms with van der Waals surface area (Å²) in [4.78, 5) is 14.7. The number of benzene rings is 2. The van der Waals surface area contributed by atoms with Crippen LogP contribution in [0.4, 0.5) is 4.39 Å². The summed E-state index contributed by atoms with van der Waals surface area (Å²) in [6.07, 6.45) is 1.57. The SMILES string of the molecule is Cl.O=C(O)[C@@H]1CCCN1CCOc1ccc(Cl)cc1Sc1cccc(F)c1. The van der Waals surface area contributed by atoms with Gasteiger partial charge in [0.1, 0.15) is 24.2 Å². The molecule has 1 aliphatic heterocycles. The summed E-state index contributed by atoms with van der Waals surface area (Å²) in [5.74, 6) is -0.431. The van der Waals surface area contributed by atoms with Crippen LogP contribution in [0.2, 0.25) is 5.02 Å². The Bertz CT molecular complexity index is 793. The minimum Gasteiger partial charge on any atom is -0.491 e. The van der Waals surface area contributed by atoms with Crippen molar-refractivity contribution in [1.82, 2.24) is 4.90 Å². The lowest BCUT2D eigenvalue weighted by Gasteiger charge is -2.21. The molecule has 0 bridgehead atoms. The molecule has 146 valence electrons. The third kappa shape index (κ3) is 6.01. The van der Waals surface area contributed by atoms with Crippen LogP contribution in [-0.4, -0.2) is 41.7 Å². The lowest BCUT2D eigenvalue weighted by atomic mass is 10.2. The van der Waals surface area contributed by atoms with Crippen molar-refractivity contribution in [2.45, 2.75) is 28.7 Å². The zero-order chi connectivity index (χ0) is 18.5. The normalized spacial score (nSPS) is 16.7. The van der Waals surface area contributed by atoms with E-state index in [1.165, 1.54) is 23.9 Å². The molecular formula is C19H20Cl2FNO3S. The van der Waals surface area contributed by atoms with Gasteiger partial charge in [-0.05, 0) is 55.8 Å². The molecular weight excluding hydrogens is 412 g/mol. The van der Waals surface area contributed by atoms with E-state index in [4.69, 9.17) is 16.3 Å². The highest BCUT2D eigenvalue weighted by Crippen LogP contribution is 2.37. The molecule has 0 spiro atoms. The standard InChI is InChI=1S/C19H19ClFNO3S.ClH/c20-13-6-7-17(18(11-13)26-15-4-1-3-14(21)12-15)25-10-9-22-8-2-5-16(22)19(23)24;/h1,3-4,6-7,11-12,16H,2,5,8-10H2,(H,23,24);1H/t16-;/m0./s1. The number of hydrogen-bond donors (Lipinski definition) is 1. The highest BCUT2D eigenvalue weighted by molar-refractivity contribution is 7.99. The first kappa shape index (κ1) is 21.8. The molecule has 1 atom stereocenters. The average Bonchev–Trinajstić information content (AvgIpc) is 3.06. The van der Waals surface area contributed by atoms with Crippen molar-refractivity contribution in [2.24, 2.45) is 0 Å². The van der Waals surface area contributed by atoms with E-state index >= 15 is 0 Å². The monoisotopic (exact) mass is 431 g/mol. The Morgan fingerprint density at radius 2 is 2.15 bits per heavy atom. The molecule has 0 aliphatic carbocycles. The van der Waals surface area contributed by atoms with E-state index in [0.717, 1.165) is 22.8 Å². The van der Waals surface area contributed by atoms with Gasteiger partial charge in [-0.25, -0.2) is 4.39 Å². The number of carbonyl (C=O) groups is 1. The van der Waals surface area contributed by atoms with Crippen molar-refractivity contribution in [3.8, 4) is 5.75 Å². The first-order valence-corrected chi connectivity index (χ1v) is 9.55. The van der Waals surface area contributed by atoms with Gasteiger partial charge >= 0.3 is 5.97 Å². The number of rotatable bonds is 7. The van der Waals surface area contributed by atoms with Gasteiger partial charge < -0.3 is 9.84 Å². The molecule has 1 aliphatic rings. The maximum Gasteiger partial charge on any atom is 0.320 e.